The van der Waals surface area contributed by atoms with Gasteiger partial charge >= 0.3 is 0 Å². The normalized spacial score (nSPS) is 18.4. The standard InChI is InChI=1S/C12H15F3N2O2S/c1-16-8-2-4-17(5-3-8)20(18,19)12-7-10(14)9(13)6-11(12)15/h6-8,16H,2-5H2,1H3. The fourth-order valence-electron chi connectivity index (χ4n) is 2.23. The van der Waals surface area contributed by atoms with Crippen LogP contribution in [0.3, 0.4) is 0 Å². The smallest absolute Gasteiger partial charge is 0.246 e. The molecule has 1 aromatic rings. The Kier molecular flexibility index (Phi) is 4.36. The van der Waals surface area contributed by atoms with Gasteiger partial charge in [0.25, 0.3) is 0 Å². The van der Waals surface area contributed by atoms with Crippen molar-refractivity contribution in [2.75, 3.05) is 20.1 Å². The number of piperidine rings is 1. The van der Waals surface area contributed by atoms with Crippen molar-refractivity contribution in [1.29, 1.82) is 0 Å². The first kappa shape index (κ1) is 15.3. The predicted octanol–water partition coefficient (Wildman–Crippen LogP) is 1.48. The molecule has 4 nitrogen and oxygen atoms in total. The Labute approximate surface area is 115 Å². The second-order valence-corrected chi connectivity index (χ2v) is 6.57. The lowest BCUT2D eigenvalue weighted by molar-refractivity contribution is 0.297. The molecule has 0 aromatic heterocycles. The summed E-state index contributed by atoms with van der Waals surface area (Å²) in [6, 6.07) is 0.850. The number of benzene rings is 1. The highest BCUT2D eigenvalue weighted by atomic mass is 32.2. The molecule has 1 aliphatic rings. The Morgan fingerprint density at radius 2 is 1.65 bits per heavy atom. The van der Waals surface area contributed by atoms with E-state index in [9.17, 15) is 21.6 Å². The highest BCUT2D eigenvalue weighted by Crippen LogP contribution is 2.24. The zero-order chi connectivity index (χ0) is 14.9. The van der Waals surface area contributed by atoms with Crippen LogP contribution in [0.25, 0.3) is 0 Å². The van der Waals surface area contributed by atoms with Crippen molar-refractivity contribution in [3.63, 3.8) is 0 Å². The van der Waals surface area contributed by atoms with Crippen LogP contribution in [-0.4, -0.2) is 38.9 Å². The van der Waals surface area contributed by atoms with Crippen molar-refractivity contribution < 1.29 is 21.6 Å². The van der Waals surface area contributed by atoms with Gasteiger partial charge in [-0.3, -0.25) is 0 Å². The molecular weight excluding hydrogens is 293 g/mol. The van der Waals surface area contributed by atoms with Crippen LogP contribution in [0.1, 0.15) is 12.8 Å². The molecule has 0 bridgehead atoms. The Bertz CT molecular complexity index is 599. The van der Waals surface area contributed by atoms with E-state index in [1.54, 1.807) is 7.05 Å². The third-order valence-electron chi connectivity index (χ3n) is 3.45. The van der Waals surface area contributed by atoms with E-state index in [4.69, 9.17) is 0 Å². The van der Waals surface area contributed by atoms with Crippen molar-refractivity contribution in [1.82, 2.24) is 9.62 Å². The summed E-state index contributed by atoms with van der Waals surface area (Å²) in [4.78, 5) is -0.820. The number of sulfonamides is 1. The zero-order valence-corrected chi connectivity index (χ0v) is 11.7. The Morgan fingerprint density at radius 3 is 2.20 bits per heavy atom. The number of hydrogen-bond acceptors (Lipinski definition) is 3. The first-order valence-electron chi connectivity index (χ1n) is 6.18. The first-order valence-corrected chi connectivity index (χ1v) is 7.62. The monoisotopic (exact) mass is 308 g/mol. The minimum absolute atomic E-state index is 0.205. The molecule has 1 heterocycles. The van der Waals surface area contributed by atoms with E-state index in [0.717, 1.165) is 4.31 Å². The topological polar surface area (TPSA) is 49.4 Å². The quantitative estimate of drug-likeness (QED) is 0.861. The van der Waals surface area contributed by atoms with E-state index in [0.29, 0.717) is 18.9 Å². The second-order valence-electron chi connectivity index (χ2n) is 4.66. The summed E-state index contributed by atoms with van der Waals surface area (Å²) in [5.41, 5.74) is 0. The molecule has 0 aliphatic carbocycles. The molecule has 1 N–H and O–H groups in total. The maximum Gasteiger partial charge on any atom is 0.246 e. The van der Waals surface area contributed by atoms with Crippen LogP contribution in [0, 0.1) is 17.5 Å². The third-order valence-corrected chi connectivity index (χ3v) is 5.37. The fraction of sp³-hybridized carbons (Fsp3) is 0.500. The third kappa shape index (κ3) is 2.82. The fourth-order valence-corrected chi connectivity index (χ4v) is 3.75. The van der Waals surface area contributed by atoms with Crippen LogP contribution in [0.2, 0.25) is 0 Å². The van der Waals surface area contributed by atoms with Crippen LogP contribution in [-0.2, 0) is 10.0 Å². The molecule has 2 rings (SSSR count). The molecule has 112 valence electrons. The van der Waals surface area contributed by atoms with Crippen molar-refractivity contribution in [3.05, 3.63) is 29.6 Å². The molecule has 1 aliphatic heterocycles. The lowest BCUT2D eigenvalue weighted by Crippen LogP contribution is -2.44. The van der Waals surface area contributed by atoms with Gasteiger partial charge in [0.05, 0.1) is 0 Å². The van der Waals surface area contributed by atoms with Gasteiger partial charge in [0.2, 0.25) is 10.0 Å². The van der Waals surface area contributed by atoms with Gasteiger partial charge in [0.1, 0.15) is 10.7 Å². The van der Waals surface area contributed by atoms with E-state index < -0.39 is 32.4 Å². The summed E-state index contributed by atoms with van der Waals surface area (Å²) in [5, 5.41) is 3.04. The number of halogens is 3. The maximum atomic E-state index is 13.6. The Morgan fingerprint density at radius 1 is 1.10 bits per heavy atom. The summed E-state index contributed by atoms with van der Waals surface area (Å²) < 4.78 is 65.2. The highest BCUT2D eigenvalue weighted by molar-refractivity contribution is 7.89. The molecule has 20 heavy (non-hydrogen) atoms. The zero-order valence-electron chi connectivity index (χ0n) is 10.9. The molecule has 0 atom stereocenters. The van der Waals surface area contributed by atoms with E-state index >= 15 is 0 Å². The number of nitrogens with zero attached hydrogens (tertiary/aromatic N) is 1. The van der Waals surface area contributed by atoms with Crippen LogP contribution in [0.4, 0.5) is 13.2 Å². The first-order chi connectivity index (χ1) is 9.36. The van der Waals surface area contributed by atoms with Crippen LogP contribution < -0.4 is 5.32 Å². The molecule has 8 heteroatoms. The van der Waals surface area contributed by atoms with Crippen molar-refractivity contribution in [2.45, 2.75) is 23.8 Å². The minimum Gasteiger partial charge on any atom is -0.317 e. The summed E-state index contributed by atoms with van der Waals surface area (Å²) in [6.07, 6.45) is 1.17. The predicted molar refractivity (Wildman–Crippen MR) is 67.2 cm³/mol. The summed E-state index contributed by atoms with van der Waals surface area (Å²) in [7, 11) is -2.36. The summed E-state index contributed by atoms with van der Waals surface area (Å²) in [6.45, 7) is 0.429. The summed E-state index contributed by atoms with van der Waals surface area (Å²) >= 11 is 0. The SMILES string of the molecule is CNC1CCN(S(=O)(=O)c2cc(F)c(F)cc2F)CC1. The molecule has 0 unspecified atom stereocenters. The lowest BCUT2D eigenvalue weighted by Gasteiger charge is -2.31. The molecular formula is C12H15F3N2O2S. The molecule has 0 amide bonds. The van der Waals surface area contributed by atoms with Crippen molar-refractivity contribution in [3.8, 4) is 0 Å². The minimum atomic E-state index is -4.14. The van der Waals surface area contributed by atoms with Crippen LogP contribution >= 0.6 is 0 Å². The molecule has 1 aromatic carbocycles. The van der Waals surface area contributed by atoms with Gasteiger partial charge in [-0.05, 0) is 26.0 Å². The van der Waals surface area contributed by atoms with Gasteiger partial charge in [0, 0.05) is 25.2 Å². The summed E-state index contributed by atoms with van der Waals surface area (Å²) in [5.74, 6) is -4.06. The number of nitrogens with one attached hydrogen (secondary N) is 1. The Hall–Kier alpha value is -1.12. The van der Waals surface area contributed by atoms with E-state index in [1.807, 2.05) is 0 Å². The van der Waals surface area contributed by atoms with Crippen molar-refractivity contribution >= 4 is 10.0 Å². The molecule has 0 saturated carbocycles. The van der Waals surface area contributed by atoms with E-state index in [2.05, 4.69) is 5.32 Å². The molecule has 1 saturated heterocycles. The highest BCUT2D eigenvalue weighted by Gasteiger charge is 2.31. The number of hydrogen-bond donors (Lipinski definition) is 1. The van der Waals surface area contributed by atoms with Gasteiger partial charge in [0.15, 0.2) is 11.6 Å². The van der Waals surface area contributed by atoms with Gasteiger partial charge in [-0.2, -0.15) is 4.31 Å². The number of rotatable bonds is 3. The average molecular weight is 308 g/mol. The van der Waals surface area contributed by atoms with Crippen LogP contribution in [0.5, 0.6) is 0 Å². The van der Waals surface area contributed by atoms with Gasteiger partial charge < -0.3 is 5.32 Å². The van der Waals surface area contributed by atoms with Gasteiger partial charge in [-0.15, -0.1) is 0 Å². The van der Waals surface area contributed by atoms with Crippen LogP contribution in [0.15, 0.2) is 17.0 Å². The Balaban J connectivity index is 2.30. The van der Waals surface area contributed by atoms with E-state index in [1.165, 1.54) is 0 Å². The maximum absolute atomic E-state index is 13.6. The van der Waals surface area contributed by atoms with E-state index in [-0.39, 0.29) is 25.2 Å². The molecule has 0 radical (unpaired) electrons. The largest absolute Gasteiger partial charge is 0.317 e. The van der Waals surface area contributed by atoms with Gasteiger partial charge in [-0.25, -0.2) is 21.6 Å². The molecule has 1 fully saturated rings. The molecule has 0 spiro atoms. The lowest BCUT2D eigenvalue weighted by atomic mass is 10.1. The van der Waals surface area contributed by atoms with Gasteiger partial charge in [-0.1, -0.05) is 0 Å². The average Bonchev–Trinajstić information content (AvgIpc) is 2.42. The second kappa shape index (κ2) is 5.71. The van der Waals surface area contributed by atoms with Crippen molar-refractivity contribution in [2.24, 2.45) is 0 Å².